The van der Waals surface area contributed by atoms with E-state index in [-0.39, 0.29) is 11.9 Å². The Balaban J connectivity index is 1.49. The summed E-state index contributed by atoms with van der Waals surface area (Å²) < 4.78 is 0. The molecule has 1 aliphatic heterocycles. The Morgan fingerprint density at radius 2 is 1.86 bits per heavy atom. The van der Waals surface area contributed by atoms with Crippen LogP contribution in [0.2, 0.25) is 0 Å². The van der Waals surface area contributed by atoms with E-state index < -0.39 is 6.10 Å². The number of hydrogen-bond donors (Lipinski definition) is 1. The van der Waals surface area contributed by atoms with E-state index in [2.05, 4.69) is 17.0 Å². The van der Waals surface area contributed by atoms with Crippen molar-refractivity contribution >= 4 is 23.1 Å². The number of hydrogen-bond acceptors (Lipinski definition) is 5. The number of anilines is 1. The fourth-order valence-corrected chi connectivity index (χ4v) is 5.67. The van der Waals surface area contributed by atoms with Gasteiger partial charge in [-0.1, -0.05) is 60.7 Å². The first kappa shape index (κ1) is 24.2. The maximum atomic E-state index is 14.0. The van der Waals surface area contributed by atoms with Gasteiger partial charge in [0.1, 0.15) is 11.9 Å². The molecule has 1 amide bonds. The Kier molecular flexibility index (Phi) is 7.44. The molecule has 1 saturated heterocycles. The lowest BCUT2D eigenvalue weighted by Crippen LogP contribution is -2.47. The number of likely N-dealkylation sites (tertiary alicyclic amines) is 1. The number of amides is 1. The molecule has 2 atom stereocenters. The van der Waals surface area contributed by atoms with E-state index in [4.69, 9.17) is 4.98 Å². The predicted molar refractivity (Wildman–Crippen MR) is 146 cm³/mol. The van der Waals surface area contributed by atoms with Crippen molar-refractivity contribution in [3.05, 3.63) is 106 Å². The Morgan fingerprint density at radius 3 is 2.58 bits per heavy atom. The smallest absolute Gasteiger partial charge is 0.256 e. The molecule has 0 radical (unpaired) electrons. The maximum absolute atomic E-state index is 14.0. The number of pyridine rings is 1. The van der Waals surface area contributed by atoms with Crippen LogP contribution in [0, 0.1) is 0 Å². The molecule has 1 fully saturated rings. The van der Waals surface area contributed by atoms with Crippen molar-refractivity contribution in [1.29, 1.82) is 0 Å². The van der Waals surface area contributed by atoms with E-state index in [0.717, 1.165) is 48.3 Å². The average molecular weight is 498 g/mol. The molecular formula is C30H31N3O2S. The summed E-state index contributed by atoms with van der Waals surface area (Å²) in [5.74, 6) is 0.736. The zero-order valence-corrected chi connectivity index (χ0v) is 21.3. The van der Waals surface area contributed by atoms with Crippen molar-refractivity contribution in [1.82, 2.24) is 9.88 Å². The molecule has 5 rings (SSSR count). The number of carbonyl (C=O) groups is 1. The molecule has 1 N–H and O–H groups in total. The number of nitrogens with zero attached hydrogens (tertiary/aromatic N) is 3. The molecule has 0 bridgehead atoms. The van der Waals surface area contributed by atoms with Gasteiger partial charge in [-0.25, -0.2) is 4.98 Å². The highest BCUT2D eigenvalue weighted by atomic mass is 32.1. The van der Waals surface area contributed by atoms with Crippen molar-refractivity contribution < 1.29 is 9.90 Å². The van der Waals surface area contributed by atoms with Gasteiger partial charge in [-0.15, -0.1) is 0 Å². The van der Waals surface area contributed by atoms with Gasteiger partial charge in [-0.3, -0.25) is 4.79 Å². The lowest BCUT2D eigenvalue weighted by Gasteiger charge is -2.38. The SMILES string of the molecule is CN(Cc1ccccc1)c1cc(-c2ccccc2)c(C(=O)N2CCCCC2C(O)c2ccsc2)cn1. The monoisotopic (exact) mass is 497 g/mol. The Labute approximate surface area is 216 Å². The number of rotatable bonds is 7. The summed E-state index contributed by atoms with van der Waals surface area (Å²) in [6.45, 7) is 1.35. The number of aliphatic hydroxyl groups excluding tert-OH is 1. The van der Waals surface area contributed by atoms with Crippen LogP contribution < -0.4 is 4.90 Å². The highest BCUT2D eigenvalue weighted by molar-refractivity contribution is 7.07. The Bertz CT molecular complexity index is 1280. The van der Waals surface area contributed by atoms with E-state index in [1.807, 2.05) is 83.4 Å². The van der Waals surface area contributed by atoms with E-state index in [0.29, 0.717) is 12.1 Å². The van der Waals surface area contributed by atoms with Crippen molar-refractivity contribution in [3.8, 4) is 11.1 Å². The summed E-state index contributed by atoms with van der Waals surface area (Å²) in [4.78, 5) is 22.7. The summed E-state index contributed by atoms with van der Waals surface area (Å²) in [5.41, 5.74) is 4.48. The summed E-state index contributed by atoms with van der Waals surface area (Å²) in [6.07, 6.45) is 3.75. The number of piperidine rings is 1. The van der Waals surface area contributed by atoms with Gasteiger partial charge in [0.2, 0.25) is 0 Å². The third-order valence-corrected chi connectivity index (χ3v) is 7.62. The van der Waals surface area contributed by atoms with Gasteiger partial charge < -0.3 is 14.9 Å². The molecule has 1 aliphatic rings. The molecule has 0 aliphatic carbocycles. The predicted octanol–water partition coefficient (Wildman–Crippen LogP) is 6.17. The molecule has 5 nitrogen and oxygen atoms in total. The van der Waals surface area contributed by atoms with E-state index in [1.54, 1.807) is 17.5 Å². The van der Waals surface area contributed by atoms with Crippen LogP contribution in [0.1, 0.15) is 46.9 Å². The zero-order valence-electron chi connectivity index (χ0n) is 20.5. The van der Waals surface area contributed by atoms with Crippen molar-refractivity contribution in [2.75, 3.05) is 18.5 Å². The molecule has 2 unspecified atom stereocenters. The number of thiophene rings is 1. The fourth-order valence-electron chi connectivity index (χ4n) is 4.98. The second kappa shape index (κ2) is 11.1. The molecule has 0 saturated carbocycles. The number of aromatic nitrogens is 1. The normalized spacial score (nSPS) is 16.5. The highest BCUT2D eigenvalue weighted by Gasteiger charge is 2.34. The lowest BCUT2D eigenvalue weighted by atomic mass is 9.92. The molecular weight excluding hydrogens is 466 g/mol. The first-order valence-corrected chi connectivity index (χ1v) is 13.4. The minimum atomic E-state index is -0.690. The van der Waals surface area contributed by atoms with Gasteiger partial charge in [0.05, 0.1) is 11.6 Å². The summed E-state index contributed by atoms with van der Waals surface area (Å²) in [6, 6.07) is 24.0. The zero-order chi connectivity index (χ0) is 24.9. The lowest BCUT2D eigenvalue weighted by molar-refractivity contribution is 0.0213. The van der Waals surface area contributed by atoms with Crippen LogP contribution in [0.15, 0.2) is 89.8 Å². The number of aliphatic hydroxyl groups is 1. The van der Waals surface area contributed by atoms with Crippen molar-refractivity contribution in [2.45, 2.75) is 38.0 Å². The van der Waals surface area contributed by atoms with Crippen LogP contribution in [-0.4, -0.2) is 40.5 Å². The van der Waals surface area contributed by atoms with Crippen molar-refractivity contribution in [3.63, 3.8) is 0 Å². The number of benzene rings is 2. The van der Waals surface area contributed by atoms with Crippen LogP contribution in [0.4, 0.5) is 5.82 Å². The Hall–Kier alpha value is -3.48. The van der Waals surface area contributed by atoms with E-state index in [1.165, 1.54) is 5.56 Å². The summed E-state index contributed by atoms with van der Waals surface area (Å²) in [7, 11) is 2.02. The maximum Gasteiger partial charge on any atom is 0.256 e. The molecule has 4 aromatic rings. The van der Waals surface area contributed by atoms with Crippen LogP contribution in [0.25, 0.3) is 11.1 Å². The third kappa shape index (κ3) is 5.20. The average Bonchev–Trinajstić information content (AvgIpc) is 3.48. The molecule has 36 heavy (non-hydrogen) atoms. The van der Waals surface area contributed by atoms with Crippen LogP contribution in [-0.2, 0) is 6.54 Å². The second-order valence-corrected chi connectivity index (χ2v) is 10.1. The quantitative estimate of drug-likeness (QED) is 0.332. The first-order chi connectivity index (χ1) is 17.6. The van der Waals surface area contributed by atoms with E-state index >= 15 is 0 Å². The molecule has 6 heteroatoms. The largest absolute Gasteiger partial charge is 0.386 e. The number of carbonyl (C=O) groups excluding carboxylic acids is 1. The van der Waals surface area contributed by atoms with E-state index in [9.17, 15) is 9.90 Å². The molecule has 184 valence electrons. The fraction of sp³-hybridized carbons (Fsp3) is 0.267. The van der Waals surface area contributed by atoms with Gasteiger partial charge in [-0.2, -0.15) is 11.3 Å². The molecule has 2 aromatic carbocycles. The standard InChI is InChI=1S/C30H31N3O2S/c1-32(20-22-10-4-2-5-11-22)28-18-25(23-12-6-3-7-13-23)26(19-31-28)30(35)33-16-9-8-14-27(33)29(34)24-15-17-36-21-24/h2-7,10-13,15,17-19,21,27,29,34H,8-9,14,16,20H2,1H3. The summed E-state index contributed by atoms with van der Waals surface area (Å²) >= 11 is 1.56. The molecule has 3 heterocycles. The van der Waals surface area contributed by atoms with Gasteiger partial charge in [0, 0.05) is 26.3 Å². The summed E-state index contributed by atoms with van der Waals surface area (Å²) in [5, 5.41) is 15.1. The minimum absolute atomic E-state index is 0.0717. The van der Waals surface area contributed by atoms with Gasteiger partial charge in [0.25, 0.3) is 5.91 Å². The molecule has 2 aromatic heterocycles. The van der Waals surface area contributed by atoms with Gasteiger partial charge in [0.15, 0.2) is 0 Å². The second-order valence-electron chi connectivity index (χ2n) is 9.36. The van der Waals surface area contributed by atoms with Crippen LogP contribution in [0.3, 0.4) is 0 Å². The van der Waals surface area contributed by atoms with Gasteiger partial charge in [-0.05, 0) is 64.4 Å². The van der Waals surface area contributed by atoms with Crippen LogP contribution >= 0.6 is 11.3 Å². The highest BCUT2D eigenvalue weighted by Crippen LogP contribution is 2.34. The Morgan fingerprint density at radius 1 is 1.11 bits per heavy atom. The third-order valence-electron chi connectivity index (χ3n) is 6.92. The first-order valence-electron chi connectivity index (χ1n) is 12.4. The molecule has 0 spiro atoms. The van der Waals surface area contributed by atoms with Gasteiger partial charge >= 0.3 is 0 Å². The topological polar surface area (TPSA) is 56.7 Å². The minimum Gasteiger partial charge on any atom is -0.386 e. The van der Waals surface area contributed by atoms with Crippen molar-refractivity contribution in [2.24, 2.45) is 0 Å². The van der Waals surface area contributed by atoms with Crippen LogP contribution in [0.5, 0.6) is 0 Å².